The van der Waals surface area contributed by atoms with Gasteiger partial charge in [0.25, 0.3) is 0 Å². The SMILES string of the molecule is CCCCCCCCCOC(=O)C1=C(C)NC2=C(C(=O)c3ccccc32)C1c1ccccc1. The molecule has 0 amide bonds. The predicted molar refractivity (Wildman–Crippen MR) is 132 cm³/mol. The van der Waals surface area contributed by atoms with Crippen LogP contribution in [0.25, 0.3) is 5.70 Å². The molecule has 4 rings (SSSR count). The molecule has 0 spiro atoms. The number of carbonyl (C=O) groups excluding carboxylic acids is 2. The minimum atomic E-state index is -0.441. The van der Waals surface area contributed by atoms with Crippen LogP contribution in [0.3, 0.4) is 0 Å². The first kappa shape index (κ1) is 23.0. The van der Waals surface area contributed by atoms with Gasteiger partial charge in [-0.05, 0) is 18.9 Å². The van der Waals surface area contributed by atoms with Gasteiger partial charge in [0.15, 0.2) is 5.78 Å². The molecule has 1 aliphatic heterocycles. The van der Waals surface area contributed by atoms with E-state index < -0.39 is 5.92 Å². The zero-order valence-corrected chi connectivity index (χ0v) is 19.7. The fourth-order valence-electron chi connectivity index (χ4n) is 4.88. The van der Waals surface area contributed by atoms with Crippen molar-refractivity contribution in [1.82, 2.24) is 5.32 Å². The van der Waals surface area contributed by atoms with Gasteiger partial charge in [0.1, 0.15) is 0 Å². The second kappa shape index (κ2) is 10.7. The zero-order chi connectivity index (χ0) is 23.2. The minimum absolute atomic E-state index is 0.0215. The van der Waals surface area contributed by atoms with Crippen LogP contribution in [0.4, 0.5) is 0 Å². The third kappa shape index (κ3) is 4.80. The van der Waals surface area contributed by atoms with E-state index in [4.69, 9.17) is 4.74 Å². The van der Waals surface area contributed by atoms with Crippen molar-refractivity contribution in [3.63, 3.8) is 0 Å². The Hall–Kier alpha value is -3.14. The van der Waals surface area contributed by atoms with Crippen LogP contribution in [0.15, 0.2) is 71.4 Å². The van der Waals surface area contributed by atoms with Gasteiger partial charge in [0.05, 0.1) is 17.9 Å². The summed E-state index contributed by atoms with van der Waals surface area (Å²) in [5.74, 6) is -0.800. The van der Waals surface area contributed by atoms with Crippen LogP contribution in [0.5, 0.6) is 0 Å². The average molecular weight is 444 g/mol. The van der Waals surface area contributed by atoms with E-state index in [1.807, 2.05) is 61.5 Å². The lowest BCUT2D eigenvalue weighted by molar-refractivity contribution is -0.139. The summed E-state index contributed by atoms with van der Waals surface area (Å²) in [6.45, 7) is 4.52. The molecule has 1 aliphatic carbocycles. The van der Waals surface area contributed by atoms with Gasteiger partial charge < -0.3 is 10.1 Å². The molecule has 33 heavy (non-hydrogen) atoms. The Balaban J connectivity index is 1.53. The first-order valence-electron chi connectivity index (χ1n) is 12.2. The molecule has 1 atom stereocenters. The highest BCUT2D eigenvalue weighted by atomic mass is 16.5. The molecule has 0 saturated carbocycles. The maximum absolute atomic E-state index is 13.4. The molecule has 0 fully saturated rings. The maximum Gasteiger partial charge on any atom is 0.336 e. The topological polar surface area (TPSA) is 55.4 Å². The van der Waals surface area contributed by atoms with E-state index in [0.29, 0.717) is 23.3 Å². The van der Waals surface area contributed by atoms with Gasteiger partial charge in [-0.25, -0.2) is 4.79 Å². The molecule has 2 aromatic rings. The van der Waals surface area contributed by atoms with Gasteiger partial charge in [-0.1, -0.05) is 100 Å². The molecule has 2 aromatic carbocycles. The van der Waals surface area contributed by atoms with Crippen molar-refractivity contribution in [2.75, 3.05) is 6.61 Å². The molecule has 1 unspecified atom stereocenters. The summed E-state index contributed by atoms with van der Waals surface area (Å²) >= 11 is 0. The average Bonchev–Trinajstić information content (AvgIpc) is 3.12. The second-order valence-corrected chi connectivity index (χ2v) is 8.93. The molecule has 4 heteroatoms. The number of hydrogen-bond donors (Lipinski definition) is 1. The van der Waals surface area contributed by atoms with Gasteiger partial charge in [-0.15, -0.1) is 0 Å². The molecule has 0 aromatic heterocycles. The molecule has 172 valence electrons. The molecule has 1 heterocycles. The van der Waals surface area contributed by atoms with E-state index in [2.05, 4.69) is 12.2 Å². The van der Waals surface area contributed by atoms with Crippen LogP contribution >= 0.6 is 0 Å². The van der Waals surface area contributed by atoms with Crippen molar-refractivity contribution in [3.05, 3.63) is 88.1 Å². The van der Waals surface area contributed by atoms with Crippen molar-refractivity contribution < 1.29 is 14.3 Å². The van der Waals surface area contributed by atoms with Gasteiger partial charge in [0.2, 0.25) is 0 Å². The van der Waals surface area contributed by atoms with Crippen molar-refractivity contribution in [3.8, 4) is 0 Å². The summed E-state index contributed by atoms with van der Waals surface area (Å²) in [6.07, 6.45) is 8.17. The van der Waals surface area contributed by atoms with E-state index in [0.717, 1.165) is 35.4 Å². The van der Waals surface area contributed by atoms with Gasteiger partial charge in [-0.3, -0.25) is 4.79 Å². The Labute approximate surface area is 196 Å². The fraction of sp³-hybridized carbons (Fsp3) is 0.379. The smallest absolute Gasteiger partial charge is 0.336 e. The van der Waals surface area contributed by atoms with Crippen LogP contribution in [0.2, 0.25) is 0 Å². The molecular formula is C29H33NO3. The Morgan fingerprint density at radius 2 is 1.52 bits per heavy atom. The second-order valence-electron chi connectivity index (χ2n) is 8.93. The number of fused-ring (bicyclic) bond motifs is 2. The Bertz CT molecular complexity index is 1080. The number of benzene rings is 2. The summed E-state index contributed by atoms with van der Waals surface area (Å²) < 4.78 is 5.72. The monoisotopic (exact) mass is 443 g/mol. The van der Waals surface area contributed by atoms with E-state index in [-0.39, 0.29) is 11.8 Å². The van der Waals surface area contributed by atoms with Crippen LogP contribution in [-0.2, 0) is 9.53 Å². The van der Waals surface area contributed by atoms with E-state index >= 15 is 0 Å². The molecule has 0 bridgehead atoms. The summed E-state index contributed by atoms with van der Waals surface area (Å²) in [5, 5.41) is 3.36. The number of hydrogen-bond acceptors (Lipinski definition) is 4. The fourth-order valence-corrected chi connectivity index (χ4v) is 4.88. The van der Waals surface area contributed by atoms with Gasteiger partial charge in [0, 0.05) is 28.3 Å². The van der Waals surface area contributed by atoms with Gasteiger partial charge >= 0.3 is 5.97 Å². The lowest BCUT2D eigenvalue weighted by atomic mass is 9.80. The summed E-state index contributed by atoms with van der Waals surface area (Å²) in [6, 6.07) is 17.4. The maximum atomic E-state index is 13.4. The van der Waals surface area contributed by atoms with Crippen LogP contribution in [0, 0.1) is 0 Å². The minimum Gasteiger partial charge on any atom is -0.462 e. The van der Waals surface area contributed by atoms with Crippen molar-refractivity contribution >= 4 is 17.4 Å². The quantitative estimate of drug-likeness (QED) is 0.334. The molecular weight excluding hydrogens is 410 g/mol. The number of rotatable bonds is 10. The highest BCUT2D eigenvalue weighted by Crippen LogP contribution is 2.46. The van der Waals surface area contributed by atoms with Crippen molar-refractivity contribution in [2.24, 2.45) is 0 Å². The van der Waals surface area contributed by atoms with Crippen LogP contribution in [-0.4, -0.2) is 18.4 Å². The number of dihydropyridines is 1. The van der Waals surface area contributed by atoms with Crippen molar-refractivity contribution in [2.45, 2.75) is 64.7 Å². The summed E-state index contributed by atoms with van der Waals surface area (Å²) in [7, 11) is 0. The standard InChI is InChI=1S/C29H33NO3/c1-3-4-5-6-7-8-14-19-33-29(32)24-20(2)30-27-22-17-12-13-18-23(22)28(31)26(27)25(24)21-15-10-9-11-16-21/h9-13,15-18,25,30H,3-8,14,19H2,1-2H3. The van der Waals surface area contributed by atoms with Gasteiger partial charge in [-0.2, -0.15) is 0 Å². The lowest BCUT2D eigenvalue weighted by Crippen LogP contribution is -2.29. The number of carbonyl (C=O) groups is 2. The Kier molecular flexibility index (Phi) is 7.43. The van der Waals surface area contributed by atoms with Crippen LogP contribution in [0.1, 0.15) is 86.2 Å². The third-order valence-corrected chi connectivity index (χ3v) is 6.58. The molecule has 0 radical (unpaired) electrons. The lowest BCUT2D eigenvalue weighted by Gasteiger charge is -2.29. The number of unbranched alkanes of at least 4 members (excludes halogenated alkanes) is 6. The molecule has 4 nitrogen and oxygen atoms in total. The first-order valence-corrected chi connectivity index (χ1v) is 12.2. The number of allylic oxidation sites excluding steroid dienone is 2. The highest BCUT2D eigenvalue weighted by molar-refractivity contribution is 6.23. The number of esters is 1. The summed E-state index contributed by atoms with van der Waals surface area (Å²) in [4.78, 5) is 26.7. The number of ketones is 1. The number of Topliss-reactive ketones (excluding diaryl/α,β-unsaturated/α-hetero) is 1. The van der Waals surface area contributed by atoms with Crippen LogP contribution < -0.4 is 5.32 Å². The Morgan fingerprint density at radius 1 is 0.879 bits per heavy atom. The third-order valence-electron chi connectivity index (χ3n) is 6.58. The molecule has 0 saturated heterocycles. The van der Waals surface area contributed by atoms with E-state index in [9.17, 15) is 9.59 Å². The number of nitrogens with one attached hydrogen (secondary N) is 1. The zero-order valence-electron chi connectivity index (χ0n) is 19.7. The molecule has 2 aliphatic rings. The number of ether oxygens (including phenoxy) is 1. The van der Waals surface area contributed by atoms with E-state index in [1.54, 1.807) is 0 Å². The van der Waals surface area contributed by atoms with E-state index in [1.165, 1.54) is 32.1 Å². The molecule has 1 N–H and O–H groups in total. The summed E-state index contributed by atoms with van der Waals surface area (Å²) in [5.41, 5.74) is 5.23. The Morgan fingerprint density at radius 3 is 2.24 bits per heavy atom. The predicted octanol–water partition coefficient (Wildman–Crippen LogP) is 6.55. The van der Waals surface area contributed by atoms with Crippen molar-refractivity contribution in [1.29, 1.82) is 0 Å². The largest absolute Gasteiger partial charge is 0.462 e. The normalized spacial score (nSPS) is 17.0. The first-order chi connectivity index (χ1) is 16.1. The highest BCUT2D eigenvalue weighted by Gasteiger charge is 2.42.